The van der Waals surface area contributed by atoms with Crippen LogP contribution in [-0.4, -0.2) is 42.7 Å². The van der Waals surface area contributed by atoms with Crippen LogP contribution in [0.5, 0.6) is 11.5 Å². The normalized spacial score (nSPS) is 11.0. The largest absolute Gasteiger partial charge is 0.493 e. The zero-order valence-electron chi connectivity index (χ0n) is 15.7. The molecule has 0 fully saturated rings. The molecular formula is C20H20N4O4. The second-order valence-corrected chi connectivity index (χ2v) is 5.61. The van der Waals surface area contributed by atoms with Gasteiger partial charge in [-0.2, -0.15) is 5.10 Å². The number of hydrogen-bond donors (Lipinski definition) is 1. The number of carbonyl (C=O) groups excluding carboxylic acids is 1. The Morgan fingerprint density at radius 2 is 1.75 bits per heavy atom. The molecule has 0 unspecified atom stereocenters. The second-order valence-electron chi connectivity index (χ2n) is 5.61. The molecule has 2 aromatic carbocycles. The first kappa shape index (κ1) is 19.0. The summed E-state index contributed by atoms with van der Waals surface area (Å²) < 4.78 is 12.2. The molecule has 0 saturated heterocycles. The minimum Gasteiger partial charge on any atom is -0.493 e. The molecule has 0 atom stereocenters. The van der Waals surface area contributed by atoms with E-state index in [0.717, 1.165) is 0 Å². The number of oxime groups is 1. The van der Waals surface area contributed by atoms with Crippen molar-refractivity contribution in [2.75, 3.05) is 26.6 Å². The molecule has 28 heavy (non-hydrogen) atoms. The van der Waals surface area contributed by atoms with E-state index < -0.39 is 5.91 Å². The number of nitrogens with one attached hydrogen (secondary N) is 1. The predicted molar refractivity (Wildman–Crippen MR) is 105 cm³/mol. The van der Waals surface area contributed by atoms with Crippen LogP contribution in [0.15, 0.2) is 65.9 Å². The summed E-state index contributed by atoms with van der Waals surface area (Å²) in [4.78, 5) is 17.6. The van der Waals surface area contributed by atoms with E-state index in [4.69, 9.17) is 14.3 Å². The van der Waals surface area contributed by atoms with Crippen LogP contribution in [-0.2, 0) is 9.63 Å². The van der Waals surface area contributed by atoms with Crippen molar-refractivity contribution in [2.24, 2.45) is 5.16 Å². The summed E-state index contributed by atoms with van der Waals surface area (Å²) in [5, 5.41) is 11.0. The molecule has 0 radical (unpaired) electrons. The molecule has 1 N–H and O–H groups in total. The van der Waals surface area contributed by atoms with E-state index in [2.05, 4.69) is 15.6 Å². The predicted octanol–water partition coefficient (Wildman–Crippen LogP) is 2.88. The van der Waals surface area contributed by atoms with E-state index in [-0.39, 0.29) is 5.71 Å². The molecule has 0 bridgehead atoms. The number of benzene rings is 2. The average molecular weight is 380 g/mol. The summed E-state index contributed by atoms with van der Waals surface area (Å²) >= 11 is 0. The average Bonchev–Trinajstić information content (AvgIpc) is 3.20. The SMILES string of the molecule is CON=C(C(=O)Nc1ccnn1-c1ccc(OC)c(OC)c1)c1ccccc1. The van der Waals surface area contributed by atoms with Crippen LogP contribution < -0.4 is 14.8 Å². The quantitative estimate of drug-likeness (QED) is 0.503. The molecular weight excluding hydrogens is 360 g/mol. The minimum absolute atomic E-state index is 0.156. The Kier molecular flexibility index (Phi) is 5.91. The van der Waals surface area contributed by atoms with Crippen molar-refractivity contribution in [1.29, 1.82) is 0 Å². The Morgan fingerprint density at radius 3 is 2.43 bits per heavy atom. The highest BCUT2D eigenvalue weighted by Crippen LogP contribution is 2.30. The van der Waals surface area contributed by atoms with Gasteiger partial charge in [-0.25, -0.2) is 4.68 Å². The van der Waals surface area contributed by atoms with Crippen LogP contribution >= 0.6 is 0 Å². The lowest BCUT2D eigenvalue weighted by atomic mass is 10.1. The first-order valence-electron chi connectivity index (χ1n) is 8.42. The zero-order valence-corrected chi connectivity index (χ0v) is 15.7. The van der Waals surface area contributed by atoms with Crippen molar-refractivity contribution in [2.45, 2.75) is 0 Å². The van der Waals surface area contributed by atoms with Crippen molar-refractivity contribution in [3.05, 3.63) is 66.4 Å². The number of amides is 1. The van der Waals surface area contributed by atoms with Gasteiger partial charge in [0.15, 0.2) is 17.2 Å². The Morgan fingerprint density at radius 1 is 1.00 bits per heavy atom. The van der Waals surface area contributed by atoms with Crippen LogP contribution in [0.1, 0.15) is 5.56 Å². The van der Waals surface area contributed by atoms with Gasteiger partial charge in [0.1, 0.15) is 12.9 Å². The van der Waals surface area contributed by atoms with E-state index in [1.807, 2.05) is 24.3 Å². The van der Waals surface area contributed by atoms with Gasteiger partial charge in [0.2, 0.25) is 0 Å². The topological polar surface area (TPSA) is 87.0 Å². The van der Waals surface area contributed by atoms with Gasteiger partial charge in [-0.3, -0.25) is 4.79 Å². The lowest BCUT2D eigenvalue weighted by Crippen LogP contribution is -2.25. The summed E-state index contributed by atoms with van der Waals surface area (Å²) in [6.45, 7) is 0. The number of hydrogen-bond acceptors (Lipinski definition) is 6. The maximum absolute atomic E-state index is 12.8. The maximum Gasteiger partial charge on any atom is 0.279 e. The molecule has 3 rings (SSSR count). The molecule has 1 heterocycles. The Hall–Kier alpha value is -3.81. The second kappa shape index (κ2) is 8.72. The Balaban J connectivity index is 1.90. The van der Waals surface area contributed by atoms with Gasteiger partial charge in [-0.1, -0.05) is 35.5 Å². The standard InChI is InChI=1S/C20H20N4O4/c1-26-16-10-9-15(13-17(16)27-2)24-18(11-12-21-24)22-20(25)19(23-28-3)14-7-5-4-6-8-14/h4-13H,1-3H3,(H,22,25). The highest BCUT2D eigenvalue weighted by Gasteiger charge is 2.18. The van der Waals surface area contributed by atoms with Crippen LogP contribution in [0.4, 0.5) is 5.82 Å². The van der Waals surface area contributed by atoms with E-state index in [1.165, 1.54) is 7.11 Å². The van der Waals surface area contributed by atoms with Crippen LogP contribution in [0.2, 0.25) is 0 Å². The number of ether oxygens (including phenoxy) is 2. The molecule has 1 amide bonds. The lowest BCUT2D eigenvalue weighted by molar-refractivity contribution is -0.110. The summed E-state index contributed by atoms with van der Waals surface area (Å²) in [7, 11) is 4.52. The summed E-state index contributed by atoms with van der Waals surface area (Å²) in [6.07, 6.45) is 1.59. The summed E-state index contributed by atoms with van der Waals surface area (Å²) in [5.74, 6) is 1.20. The molecule has 8 heteroatoms. The number of methoxy groups -OCH3 is 2. The summed E-state index contributed by atoms with van der Waals surface area (Å²) in [5.41, 5.74) is 1.49. The van der Waals surface area contributed by atoms with E-state index in [0.29, 0.717) is 28.6 Å². The van der Waals surface area contributed by atoms with Gasteiger partial charge < -0.3 is 19.6 Å². The number of nitrogens with zero attached hydrogens (tertiary/aromatic N) is 3. The van der Waals surface area contributed by atoms with E-state index in [9.17, 15) is 4.79 Å². The number of anilines is 1. The fourth-order valence-corrected chi connectivity index (χ4v) is 2.65. The summed E-state index contributed by atoms with van der Waals surface area (Å²) in [6, 6.07) is 16.1. The Labute approximate surface area is 162 Å². The van der Waals surface area contributed by atoms with Gasteiger partial charge in [0.05, 0.1) is 26.1 Å². The molecule has 1 aromatic heterocycles. The molecule has 0 spiro atoms. The highest BCUT2D eigenvalue weighted by atomic mass is 16.6. The van der Waals surface area contributed by atoms with Crippen molar-refractivity contribution in [3.8, 4) is 17.2 Å². The maximum atomic E-state index is 12.8. The number of aromatic nitrogens is 2. The number of carbonyl (C=O) groups is 1. The van der Waals surface area contributed by atoms with E-state index >= 15 is 0 Å². The third-order valence-corrected chi connectivity index (χ3v) is 3.94. The smallest absolute Gasteiger partial charge is 0.279 e. The van der Waals surface area contributed by atoms with Crippen LogP contribution in [0, 0.1) is 0 Å². The third kappa shape index (κ3) is 3.96. The van der Waals surface area contributed by atoms with Gasteiger partial charge in [0, 0.05) is 17.7 Å². The van der Waals surface area contributed by atoms with Crippen LogP contribution in [0.3, 0.4) is 0 Å². The monoisotopic (exact) mass is 380 g/mol. The van der Waals surface area contributed by atoms with Crippen molar-refractivity contribution < 1.29 is 19.1 Å². The van der Waals surface area contributed by atoms with Gasteiger partial charge >= 0.3 is 0 Å². The molecule has 3 aromatic rings. The minimum atomic E-state index is -0.421. The van der Waals surface area contributed by atoms with Crippen LogP contribution in [0.25, 0.3) is 5.69 Å². The number of rotatable bonds is 7. The first-order chi connectivity index (χ1) is 13.7. The third-order valence-electron chi connectivity index (χ3n) is 3.94. The molecule has 8 nitrogen and oxygen atoms in total. The van der Waals surface area contributed by atoms with E-state index in [1.54, 1.807) is 55.4 Å². The first-order valence-corrected chi connectivity index (χ1v) is 8.42. The fourth-order valence-electron chi connectivity index (χ4n) is 2.65. The molecule has 0 aliphatic heterocycles. The fraction of sp³-hybridized carbons (Fsp3) is 0.150. The van der Waals surface area contributed by atoms with Gasteiger partial charge in [0.25, 0.3) is 5.91 Å². The van der Waals surface area contributed by atoms with Crippen molar-refractivity contribution in [1.82, 2.24) is 9.78 Å². The molecule has 144 valence electrons. The highest BCUT2D eigenvalue weighted by molar-refractivity contribution is 6.48. The molecule has 0 aliphatic carbocycles. The van der Waals surface area contributed by atoms with Gasteiger partial charge in [-0.15, -0.1) is 0 Å². The van der Waals surface area contributed by atoms with Crippen molar-refractivity contribution in [3.63, 3.8) is 0 Å². The van der Waals surface area contributed by atoms with Crippen molar-refractivity contribution >= 4 is 17.4 Å². The lowest BCUT2D eigenvalue weighted by Gasteiger charge is -2.13. The molecule has 0 aliphatic rings. The zero-order chi connectivity index (χ0) is 19.9. The van der Waals surface area contributed by atoms with Gasteiger partial charge in [-0.05, 0) is 12.1 Å². The molecule has 0 saturated carbocycles. The Bertz CT molecular complexity index is 983.